The number of rotatable bonds is 3. The minimum Gasteiger partial charge on any atom is -0.481 e. The third-order valence-corrected chi connectivity index (χ3v) is 5.10. The number of carbonyl (C=O) groups is 1. The fourth-order valence-electron chi connectivity index (χ4n) is 1.21. The number of thiophene rings is 1. The van der Waals surface area contributed by atoms with E-state index in [1.165, 1.54) is 11.3 Å². The number of nitrogens with zero attached hydrogens (tertiary/aromatic N) is 1. The molecule has 2 aromatic heterocycles. The Labute approximate surface area is 115 Å². The highest BCUT2D eigenvalue weighted by atomic mass is 79.9. The lowest BCUT2D eigenvalue weighted by atomic mass is 9.90. The summed E-state index contributed by atoms with van der Waals surface area (Å²) in [6.07, 6.45) is 0. The summed E-state index contributed by atoms with van der Waals surface area (Å²) >= 11 is 6.47. The van der Waals surface area contributed by atoms with Gasteiger partial charge >= 0.3 is 5.97 Å². The number of aliphatic carboxylic acids is 1. The van der Waals surface area contributed by atoms with E-state index < -0.39 is 11.4 Å². The Balaban J connectivity index is 2.37. The number of hydrogen-bond acceptors (Lipinski definition) is 4. The number of carboxylic acids is 1. The molecule has 0 fully saturated rings. The van der Waals surface area contributed by atoms with Crippen molar-refractivity contribution in [3.63, 3.8) is 0 Å². The predicted molar refractivity (Wildman–Crippen MR) is 73.8 cm³/mol. The van der Waals surface area contributed by atoms with Crippen LogP contribution in [0.5, 0.6) is 0 Å². The first-order chi connectivity index (χ1) is 7.91. The summed E-state index contributed by atoms with van der Waals surface area (Å²) in [7, 11) is 0. The maximum absolute atomic E-state index is 11.1. The van der Waals surface area contributed by atoms with Crippen molar-refractivity contribution >= 4 is 44.6 Å². The first-order valence-corrected chi connectivity index (χ1v) is 7.35. The maximum Gasteiger partial charge on any atom is 0.315 e. The van der Waals surface area contributed by atoms with Gasteiger partial charge in [0.25, 0.3) is 0 Å². The minimum absolute atomic E-state index is 0.606. The van der Waals surface area contributed by atoms with Crippen LogP contribution in [0.1, 0.15) is 19.5 Å². The average molecular weight is 332 g/mol. The molecule has 0 saturated heterocycles. The van der Waals surface area contributed by atoms with E-state index in [0.29, 0.717) is 5.69 Å². The van der Waals surface area contributed by atoms with Crippen molar-refractivity contribution < 1.29 is 9.90 Å². The second-order valence-electron chi connectivity index (χ2n) is 4.07. The van der Waals surface area contributed by atoms with Crippen molar-refractivity contribution in [1.29, 1.82) is 0 Å². The fourth-order valence-corrected chi connectivity index (χ4v) is 3.66. The largest absolute Gasteiger partial charge is 0.481 e. The normalized spacial score (nSPS) is 11.7. The van der Waals surface area contributed by atoms with Gasteiger partial charge in [-0.05, 0) is 41.9 Å². The van der Waals surface area contributed by atoms with Gasteiger partial charge in [0.2, 0.25) is 0 Å². The summed E-state index contributed by atoms with van der Waals surface area (Å²) in [5.74, 6) is -0.860. The molecule has 0 unspecified atom stereocenters. The molecule has 0 saturated carbocycles. The van der Waals surface area contributed by atoms with E-state index in [0.717, 1.165) is 13.7 Å². The number of thiazole rings is 1. The van der Waals surface area contributed by atoms with Crippen LogP contribution in [0.3, 0.4) is 0 Å². The SMILES string of the molecule is CC(C)(C(=O)O)c1csc(-c2ccc(Br)s2)n1. The van der Waals surface area contributed by atoms with Crippen LogP contribution >= 0.6 is 38.6 Å². The lowest BCUT2D eigenvalue weighted by Crippen LogP contribution is -2.28. The summed E-state index contributed by atoms with van der Waals surface area (Å²) in [4.78, 5) is 16.6. The standard InChI is InChI=1S/C11H10BrNO2S2/c1-11(2,10(14)15)7-5-16-9(13-7)6-3-4-8(12)17-6/h3-5H,1-2H3,(H,14,15). The van der Waals surface area contributed by atoms with Gasteiger partial charge < -0.3 is 5.11 Å². The second-order valence-corrected chi connectivity index (χ2v) is 7.39. The van der Waals surface area contributed by atoms with E-state index in [-0.39, 0.29) is 0 Å². The summed E-state index contributed by atoms with van der Waals surface area (Å²) in [5, 5.41) is 11.8. The fraction of sp³-hybridized carbons (Fsp3) is 0.273. The zero-order valence-electron chi connectivity index (χ0n) is 9.23. The Hall–Kier alpha value is -0.720. The highest BCUT2D eigenvalue weighted by molar-refractivity contribution is 9.11. The van der Waals surface area contributed by atoms with Crippen LogP contribution in [0.4, 0.5) is 0 Å². The van der Waals surface area contributed by atoms with E-state index in [2.05, 4.69) is 20.9 Å². The molecule has 90 valence electrons. The molecule has 0 radical (unpaired) electrons. The third kappa shape index (κ3) is 2.43. The molecule has 0 aliphatic heterocycles. The Morgan fingerprint density at radius 3 is 2.71 bits per heavy atom. The maximum atomic E-state index is 11.1. The number of carboxylic acid groups (broad SMARTS) is 1. The van der Waals surface area contributed by atoms with E-state index in [4.69, 9.17) is 5.11 Å². The molecular formula is C11H10BrNO2S2. The predicted octanol–water partition coefficient (Wildman–Crippen LogP) is 4.00. The zero-order valence-corrected chi connectivity index (χ0v) is 12.4. The van der Waals surface area contributed by atoms with Gasteiger partial charge in [0.15, 0.2) is 0 Å². The highest BCUT2D eigenvalue weighted by Gasteiger charge is 2.32. The monoisotopic (exact) mass is 331 g/mol. The summed E-state index contributed by atoms with van der Waals surface area (Å²) in [5.41, 5.74) is -0.335. The third-order valence-electron chi connectivity index (χ3n) is 2.46. The van der Waals surface area contributed by atoms with E-state index in [9.17, 15) is 4.79 Å². The molecule has 1 N–H and O–H groups in total. The molecule has 6 heteroatoms. The topological polar surface area (TPSA) is 50.2 Å². The summed E-state index contributed by atoms with van der Waals surface area (Å²) in [6.45, 7) is 3.33. The smallest absolute Gasteiger partial charge is 0.315 e. The van der Waals surface area contributed by atoms with Crippen molar-refractivity contribution in [1.82, 2.24) is 4.98 Å². The number of halogens is 1. The quantitative estimate of drug-likeness (QED) is 0.924. The lowest BCUT2D eigenvalue weighted by Gasteiger charge is -2.15. The van der Waals surface area contributed by atoms with Gasteiger partial charge in [0, 0.05) is 5.38 Å². The summed E-state index contributed by atoms with van der Waals surface area (Å²) in [6, 6.07) is 3.94. The molecule has 17 heavy (non-hydrogen) atoms. The van der Waals surface area contributed by atoms with Crippen LogP contribution in [0, 0.1) is 0 Å². The molecule has 0 amide bonds. The van der Waals surface area contributed by atoms with E-state index >= 15 is 0 Å². The Kier molecular flexibility index (Phi) is 3.38. The second kappa shape index (κ2) is 4.51. The van der Waals surface area contributed by atoms with Crippen molar-refractivity contribution in [3.8, 4) is 9.88 Å². The van der Waals surface area contributed by atoms with Crippen molar-refractivity contribution in [3.05, 3.63) is 27.0 Å². The molecular weight excluding hydrogens is 322 g/mol. The van der Waals surface area contributed by atoms with E-state index in [1.807, 2.05) is 17.5 Å². The Morgan fingerprint density at radius 2 is 2.18 bits per heavy atom. The van der Waals surface area contributed by atoms with Gasteiger partial charge in [0.1, 0.15) is 10.4 Å². The molecule has 2 aromatic rings. The lowest BCUT2D eigenvalue weighted by molar-refractivity contribution is -0.142. The Bertz CT molecular complexity index is 559. The Morgan fingerprint density at radius 1 is 1.47 bits per heavy atom. The van der Waals surface area contributed by atoms with Crippen LogP contribution < -0.4 is 0 Å². The molecule has 0 aromatic carbocycles. The number of hydrogen-bond donors (Lipinski definition) is 1. The molecule has 2 heterocycles. The first-order valence-electron chi connectivity index (χ1n) is 4.86. The molecule has 0 spiro atoms. The summed E-state index contributed by atoms with van der Waals surface area (Å²) < 4.78 is 1.04. The van der Waals surface area contributed by atoms with Crippen molar-refractivity contribution in [2.24, 2.45) is 0 Å². The van der Waals surface area contributed by atoms with Gasteiger partial charge in [-0.1, -0.05) is 0 Å². The average Bonchev–Trinajstić information content (AvgIpc) is 2.85. The zero-order chi connectivity index (χ0) is 12.6. The molecule has 0 aliphatic rings. The molecule has 0 aliphatic carbocycles. The van der Waals surface area contributed by atoms with Crippen LogP contribution in [0.25, 0.3) is 9.88 Å². The van der Waals surface area contributed by atoms with Gasteiger partial charge in [-0.25, -0.2) is 4.98 Å². The number of aromatic nitrogens is 1. The molecule has 0 atom stereocenters. The van der Waals surface area contributed by atoms with Gasteiger partial charge in [-0.2, -0.15) is 0 Å². The van der Waals surface area contributed by atoms with E-state index in [1.54, 1.807) is 25.2 Å². The van der Waals surface area contributed by atoms with Crippen LogP contribution in [0.2, 0.25) is 0 Å². The first kappa shape index (κ1) is 12.7. The van der Waals surface area contributed by atoms with Gasteiger partial charge in [-0.15, -0.1) is 22.7 Å². The molecule has 3 nitrogen and oxygen atoms in total. The van der Waals surface area contributed by atoms with Crippen LogP contribution in [-0.2, 0) is 10.2 Å². The molecule has 2 rings (SSSR count). The van der Waals surface area contributed by atoms with Crippen molar-refractivity contribution in [2.75, 3.05) is 0 Å². The highest BCUT2D eigenvalue weighted by Crippen LogP contribution is 2.35. The van der Waals surface area contributed by atoms with Crippen LogP contribution in [-0.4, -0.2) is 16.1 Å². The molecule has 0 bridgehead atoms. The minimum atomic E-state index is -0.941. The van der Waals surface area contributed by atoms with Gasteiger partial charge in [0.05, 0.1) is 14.4 Å². The van der Waals surface area contributed by atoms with Gasteiger partial charge in [-0.3, -0.25) is 4.79 Å². The van der Waals surface area contributed by atoms with Crippen molar-refractivity contribution in [2.45, 2.75) is 19.3 Å². The van der Waals surface area contributed by atoms with Crippen LogP contribution in [0.15, 0.2) is 21.3 Å².